The van der Waals surface area contributed by atoms with Crippen molar-refractivity contribution in [1.29, 1.82) is 0 Å². The molecule has 0 radical (unpaired) electrons. The third-order valence-electron chi connectivity index (χ3n) is 1.88. The summed E-state index contributed by atoms with van der Waals surface area (Å²) in [6, 6.07) is 0. The molecule has 5 nitrogen and oxygen atoms in total. The van der Waals surface area contributed by atoms with Crippen LogP contribution in [0, 0.1) is 0 Å². The molecule has 0 aromatic rings. The highest BCUT2D eigenvalue weighted by Gasteiger charge is 2.25. The van der Waals surface area contributed by atoms with E-state index in [-0.39, 0.29) is 6.10 Å². The van der Waals surface area contributed by atoms with E-state index in [1.165, 1.54) is 11.8 Å². The molecule has 1 saturated heterocycles. The average Bonchev–Trinajstić information content (AvgIpc) is 2.52. The molecule has 2 atom stereocenters. The molecule has 80 valence electrons. The van der Waals surface area contributed by atoms with Crippen molar-refractivity contribution in [2.24, 2.45) is 0 Å². The first-order valence-corrected chi connectivity index (χ1v) is 5.47. The minimum atomic E-state index is -0.810. The molecule has 0 bridgehead atoms. The Hall–Kier alpha value is -0.910. The maximum Gasteiger partial charge on any atom is 0.407 e. The van der Waals surface area contributed by atoms with Gasteiger partial charge in [0.15, 0.2) is 0 Å². The monoisotopic (exact) mass is 219 g/mol. The summed E-state index contributed by atoms with van der Waals surface area (Å²) in [4.78, 5) is 21.3. The van der Waals surface area contributed by atoms with Crippen LogP contribution in [0.25, 0.3) is 0 Å². The predicted molar refractivity (Wildman–Crippen MR) is 52.4 cm³/mol. The minimum Gasteiger partial charge on any atom is -0.480 e. The second-order valence-corrected chi connectivity index (χ2v) is 4.21. The Morgan fingerprint density at radius 2 is 2.57 bits per heavy atom. The Bertz CT molecular complexity index is 233. The van der Waals surface area contributed by atoms with Crippen LogP contribution in [0.15, 0.2) is 0 Å². The van der Waals surface area contributed by atoms with Crippen molar-refractivity contribution in [3.8, 4) is 0 Å². The first-order chi connectivity index (χ1) is 6.63. The number of carboxylic acid groups (broad SMARTS) is 1. The Kier molecular flexibility index (Phi) is 4.06. The number of thioether (sulfide) groups is 1. The lowest BCUT2D eigenvalue weighted by molar-refractivity contribution is -0.136. The molecule has 14 heavy (non-hydrogen) atoms. The number of alkyl carbamates (subject to hydrolysis) is 1. The predicted octanol–water partition coefficient (Wildman–Crippen LogP) is 0.691. The van der Waals surface area contributed by atoms with Crippen LogP contribution in [-0.4, -0.2) is 40.8 Å². The number of cyclic esters (lactones) is 1. The van der Waals surface area contributed by atoms with Crippen LogP contribution < -0.4 is 5.32 Å². The quantitative estimate of drug-likeness (QED) is 0.711. The summed E-state index contributed by atoms with van der Waals surface area (Å²) in [5, 5.41) is 10.9. The third kappa shape index (κ3) is 3.10. The molecule has 1 fully saturated rings. The fourth-order valence-corrected chi connectivity index (χ4v) is 2.12. The number of rotatable bonds is 5. The molecule has 1 rings (SSSR count). The van der Waals surface area contributed by atoms with Crippen molar-refractivity contribution in [3.05, 3.63) is 0 Å². The van der Waals surface area contributed by atoms with Gasteiger partial charge in [0.2, 0.25) is 0 Å². The number of hydrogen-bond donors (Lipinski definition) is 2. The lowest BCUT2D eigenvalue weighted by Gasteiger charge is -2.11. The molecule has 0 aromatic heterocycles. The van der Waals surface area contributed by atoms with E-state index in [1.807, 2.05) is 6.92 Å². The summed E-state index contributed by atoms with van der Waals surface area (Å²) in [6.45, 7) is 2.30. The molecule has 1 aliphatic rings. The fraction of sp³-hybridized carbons (Fsp3) is 0.750. The van der Waals surface area contributed by atoms with E-state index in [0.29, 0.717) is 18.7 Å². The summed E-state index contributed by atoms with van der Waals surface area (Å²) >= 11 is 1.31. The van der Waals surface area contributed by atoms with E-state index >= 15 is 0 Å². The van der Waals surface area contributed by atoms with E-state index in [2.05, 4.69) is 5.32 Å². The van der Waals surface area contributed by atoms with Crippen molar-refractivity contribution in [2.75, 3.05) is 12.3 Å². The zero-order chi connectivity index (χ0) is 10.6. The van der Waals surface area contributed by atoms with Crippen molar-refractivity contribution in [1.82, 2.24) is 5.32 Å². The number of nitrogens with one attached hydrogen (secondary N) is 1. The van der Waals surface area contributed by atoms with Crippen LogP contribution in [0.1, 0.15) is 13.3 Å². The molecule has 2 unspecified atom stereocenters. The van der Waals surface area contributed by atoms with Gasteiger partial charge in [-0.15, -0.1) is 11.8 Å². The Morgan fingerprint density at radius 3 is 3.00 bits per heavy atom. The number of aliphatic carboxylic acids is 1. The normalized spacial score (nSPS) is 22.6. The largest absolute Gasteiger partial charge is 0.480 e. The number of ether oxygens (including phenoxy) is 1. The molecular formula is C8H13NO4S. The van der Waals surface area contributed by atoms with Gasteiger partial charge in [-0.3, -0.25) is 4.79 Å². The zero-order valence-corrected chi connectivity index (χ0v) is 8.67. The second-order valence-electron chi connectivity index (χ2n) is 2.98. The molecule has 2 N–H and O–H groups in total. The van der Waals surface area contributed by atoms with Gasteiger partial charge < -0.3 is 15.2 Å². The molecule has 0 aromatic carbocycles. The molecule has 0 spiro atoms. The summed E-state index contributed by atoms with van der Waals surface area (Å²) in [6.07, 6.45) is -0.0338. The van der Waals surface area contributed by atoms with Crippen LogP contribution in [0.4, 0.5) is 4.79 Å². The highest BCUT2D eigenvalue weighted by atomic mass is 32.2. The Labute approximate surface area is 86.2 Å². The lowest BCUT2D eigenvalue weighted by atomic mass is 10.3. The molecule has 1 heterocycles. The van der Waals surface area contributed by atoms with Gasteiger partial charge in [-0.25, -0.2) is 4.79 Å². The zero-order valence-electron chi connectivity index (χ0n) is 7.86. The third-order valence-corrected chi connectivity index (χ3v) is 3.38. The number of amides is 1. The summed E-state index contributed by atoms with van der Waals surface area (Å²) in [7, 11) is 0. The van der Waals surface area contributed by atoms with Crippen molar-refractivity contribution in [2.45, 2.75) is 24.7 Å². The SMILES string of the molecule is CCC(SCC1CNC(=O)O1)C(=O)O. The average molecular weight is 219 g/mol. The van der Waals surface area contributed by atoms with Crippen LogP contribution in [0.3, 0.4) is 0 Å². The van der Waals surface area contributed by atoms with E-state index in [1.54, 1.807) is 0 Å². The lowest BCUT2D eigenvalue weighted by Crippen LogP contribution is -2.21. The van der Waals surface area contributed by atoms with Crippen molar-refractivity contribution >= 4 is 23.8 Å². The highest BCUT2D eigenvalue weighted by Crippen LogP contribution is 2.18. The van der Waals surface area contributed by atoms with Crippen LogP contribution in [0.2, 0.25) is 0 Å². The topological polar surface area (TPSA) is 75.6 Å². The van der Waals surface area contributed by atoms with Gasteiger partial charge in [-0.05, 0) is 6.42 Å². The van der Waals surface area contributed by atoms with Crippen molar-refractivity contribution in [3.63, 3.8) is 0 Å². The Balaban J connectivity index is 2.25. The van der Waals surface area contributed by atoms with Gasteiger partial charge in [0.05, 0.1) is 6.54 Å². The first-order valence-electron chi connectivity index (χ1n) is 4.42. The van der Waals surface area contributed by atoms with E-state index in [4.69, 9.17) is 9.84 Å². The van der Waals surface area contributed by atoms with Gasteiger partial charge in [-0.2, -0.15) is 0 Å². The van der Waals surface area contributed by atoms with E-state index in [0.717, 1.165) is 0 Å². The van der Waals surface area contributed by atoms with Crippen LogP contribution in [0.5, 0.6) is 0 Å². The smallest absolute Gasteiger partial charge is 0.407 e. The van der Waals surface area contributed by atoms with Gasteiger partial charge in [-0.1, -0.05) is 6.92 Å². The second kappa shape index (κ2) is 5.09. The van der Waals surface area contributed by atoms with E-state index < -0.39 is 17.3 Å². The van der Waals surface area contributed by atoms with Crippen LogP contribution in [-0.2, 0) is 9.53 Å². The maximum atomic E-state index is 10.7. The molecular weight excluding hydrogens is 206 g/mol. The Morgan fingerprint density at radius 1 is 1.86 bits per heavy atom. The summed E-state index contributed by atoms with van der Waals surface area (Å²) < 4.78 is 4.87. The summed E-state index contributed by atoms with van der Waals surface area (Å²) in [5.41, 5.74) is 0. The molecule has 1 amide bonds. The van der Waals surface area contributed by atoms with Gasteiger partial charge in [0, 0.05) is 5.75 Å². The molecule has 6 heteroatoms. The first kappa shape index (κ1) is 11.2. The minimum absolute atomic E-state index is 0.194. The summed E-state index contributed by atoms with van der Waals surface area (Å²) in [5.74, 6) is -0.279. The molecule has 1 aliphatic heterocycles. The van der Waals surface area contributed by atoms with Crippen molar-refractivity contribution < 1.29 is 19.4 Å². The van der Waals surface area contributed by atoms with Gasteiger partial charge in [0.25, 0.3) is 0 Å². The number of carboxylic acids is 1. The molecule has 0 saturated carbocycles. The number of carbonyl (C=O) groups excluding carboxylic acids is 1. The standard InChI is InChI=1S/C8H13NO4S/c1-2-6(7(10)11)14-4-5-3-9-8(12)13-5/h5-6H,2-4H2,1H3,(H,9,12)(H,10,11). The van der Waals surface area contributed by atoms with Gasteiger partial charge >= 0.3 is 12.1 Å². The number of hydrogen-bond acceptors (Lipinski definition) is 4. The number of carbonyl (C=O) groups is 2. The molecule has 0 aliphatic carbocycles. The van der Waals surface area contributed by atoms with Gasteiger partial charge in [0.1, 0.15) is 11.4 Å². The van der Waals surface area contributed by atoms with E-state index in [9.17, 15) is 9.59 Å². The highest BCUT2D eigenvalue weighted by molar-refractivity contribution is 8.00. The van der Waals surface area contributed by atoms with Crippen LogP contribution >= 0.6 is 11.8 Å². The maximum absolute atomic E-state index is 10.7. The fourth-order valence-electron chi connectivity index (χ4n) is 1.11.